The van der Waals surface area contributed by atoms with E-state index in [1.165, 1.54) is 6.07 Å². The van der Waals surface area contributed by atoms with Gasteiger partial charge in [-0.05, 0) is 42.8 Å². The zero-order chi connectivity index (χ0) is 26.7. The van der Waals surface area contributed by atoms with Gasteiger partial charge >= 0.3 is 0 Å². The summed E-state index contributed by atoms with van der Waals surface area (Å²) in [6.07, 6.45) is 0. The van der Waals surface area contributed by atoms with Gasteiger partial charge in [-0.15, -0.1) is 0 Å². The maximum Gasteiger partial charge on any atom is 0.267 e. The molecule has 2 N–H and O–H groups in total. The minimum atomic E-state index is -4.24. The normalized spacial score (nSPS) is 13.8. The number of nitrogens with one attached hydrogen (secondary N) is 2. The molecule has 0 unspecified atom stereocenters. The number of para-hydroxylation sites is 1. The fourth-order valence-electron chi connectivity index (χ4n) is 4.61. The number of benzene rings is 4. The maximum atomic E-state index is 13.5. The van der Waals surface area contributed by atoms with Crippen molar-refractivity contribution in [3.63, 3.8) is 0 Å². The van der Waals surface area contributed by atoms with Crippen LogP contribution in [-0.4, -0.2) is 46.5 Å². The minimum Gasteiger partial charge on any atom is -0.378 e. The SMILES string of the molecule is Cc1ccccc1C(=O)Nc1ccc(S(=O)(=O)NC(=O)c2ccccc2N2CCOCC2)c2ccccc12. The van der Waals surface area contributed by atoms with E-state index in [1.807, 2.05) is 30.0 Å². The van der Waals surface area contributed by atoms with Gasteiger partial charge in [0.05, 0.1) is 23.7 Å². The Hall–Kier alpha value is -4.21. The highest BCUT2D eigenvalue weighted by Gasteiger charge is 2.25. The smallest absolute Gasteiger partial charge is 0.267 e. The van der Waals surface area contributed by atoms with Crippen LogP contribution in [0.25, 0.3) is 10.8 Å². The number of sulfonamides is 1. The molecule has 8 nitrogen and oxygen atoms in total. The largest absolute Gasteiger partial charge is 0.378 e. The van der Waals surface area contributed by atoms with Crippen LogP contribution >= 0.6 is 0 Å². The lowest BCUT2D eigenvalue weighted by Crippen LogP contribution is -2.38. The fourth-order valence-corrected chi connectivity index (χ4v) is 5.79. The first-order chi connectivity index (χ1) is 18.3. The molecule has 1 aliphatic heterocycles. The van der Waals surface area contributed by atoms with Crippen LogP contribution in [0.5, 0.6) is 0 Å². The highest BCUT2D eigenvalue weighted by molar-refractivity contribution is 7.90. The molecule has 1 fully saturated rings. The predicted molar refractivity (Wildman–Crippen MR) is 147 cm³/mol. The van der Waals surface area contributed by atoms with E-state index in [4.69, 9.17) is 4.74 Å². The topological polar surface area (TPSA) is 105 Å². The van der Waals surface area contributed by atoms with Crippen LogP contribution in [0.4, 0.5) is 11.4 Å². The third-order valence-corrected chi connectivity index (χ3v) is 7.93. The molecule has 0 saturated carbocycles. The number of nitrogens with zero attached hydrogens (tertiary/aromatic N) is 1. The van der Waals surface area contributed by atoms with Gasteiger partial charge in [0.25, 0.3) is 21.8 Å². The number of morpholine rings is 1. The number of hydrogen-bond acceptors (Lipinski definition) is 6. The zero-order valence-electron chi connectivity index (χ0n) is 20.8. The Balaban J connectivity index is 1.45. The number of fused-ring (bicyclic) bond motifs is 1. The molecule has 0 bridgehead atoms. The van der Waals surface area contributed by atoms with E-state index in [1.54, 1.807) is 60.7 Å². The molecule has 1 heterocycles. The summed E-state index contributed by atoms with van der Waals surface area (Å²) in [4.78, 5) is 28.1. The zero-order valence-corrected chi connectivity index (χ0v) is 21.6. The summed E-state index contributed by atoms with van der Waals surface area (Å²) in [6.45, 7) is 4.14. The first kappa shape index (κ1) is 25.4. The Morgan fingerprint density at radius 3 is 2.13 bits per heavy atom. The highest BCUT2D eigenvalue weighted by atomic mass is 32.2. The Kier molecular flexibility index (Phi) is 7.13. The van der Waals surface area contributed by atoms with E-state index in [0.717, 1.165) is 5.56 Å². The van der Waals surface area contributed by atoms with Gasteiger partial charge in [-0.1, -0.05) is 54.6 Å². The molecular weight excluding hydrogens is 502 g/mol. The highest BCUT2D eigenvalue weighted by Crippen LogP contribution is 2.30. The molecule has 0 aromatic heterocycles. The van der Waals surface area contributed by atoms with E-state index < -0.39 is 15.9 Å². The van der Waals surface area contributed by atoms with Crippen molar-refractivity contribution in [2.24, 2.45) is 0 Å². The monoisotopic (exact) mass is 529 g/mol. The van der Waals surface area contributed by atoms with Crippen molar-refractivity contribution < 1.29 is 22.7 Å². The number of anilines is 2. The van der Waals surface area contributed by atoms with Crippen molar-refractivity contribution in [1.82, 2.24) is 4.72 Å². The average Bonchev–Trinajstić information content (AvgIpc) is 2.93. The average molecular weight is 530 g/mol. The van der Waals surface area contributed by atoms with Crippen LogP contribution in [0.2, 0.25) is 0 Å². The molecular formula is C29H27N3O5S. The van der Waals surface area contributed by atoms with Gasteiger partial charge < -0.3 is 15.0 Å². The van der Waals surface area contributed by atoms with Crippen LogP contribution < -0.4 is 14.9 Å². The number of aryl methyl sites for hydroxylation is 1. The molecule has 4 aromatic rings. The summed E-state index contributed by atoms with van der Waals surface area (Å²) in [7, 11) is -4.24. The van der Waals surface area contributed by atoms with E-state index in [9.17, 15) is 18.0 Å². The Labute approximate surface area is 221 Å². The number of rotatable bonds is 6. The molecule has 38 heavy (non-hydrogen) atoms. The second-order valence-corrected chi connectivity index (χ2v) is 10.6. The van der Waals surface area contributed by atoms with Crippen molar-refractivity contribution in [2.45, 2.75) is 11.8 Å². The summed E-state index contributed by atoms with van der Waals surface area (Å²) in [5, 5.41) is 3.82. The molecule has 0 atom stereocenters. The standard InChI is InChI=1S/C29H27N3O5S/c1-20-8-2-3-9-21(20)28(33)30-25-14-15-27(23-11-5-4-10-22(23)25)38(35,36)31-29(34)24-12-6-7-13-26(24)32-16-18-37-19-17-32/h2-15H,16-19H2,1H3,(H,30,33)(H,31,34). The van der Waals surface area contributed by atoms with Crippen LogP contribution in [-0.2, 0) is 14.8 Å². The van der Waals surface area contributed by atoms with E-state index >= 15 is 0 Å². The molecule has 0 spiro atoms. The van der Waals surface area contributed by atoms with Crippen molar-refractivity contribution in [2.75, 3.05) is 36.5 Å². The van der Waals surface area contributed by atoms with Crippen LogP contribution in [0.3, 0.4) is 0 Å². The van der Waals surface area contributed by atoms with Gasteiger partial charge in [0.15, 0.2) is 0 Å². The molecule has 1 aliphatic rings. The van der Waals surface area contributed by atoms with Crippen LogP contribution in [0, 0.1) is 6.92 Å². The van der Waals surface area contributed by atoms with Crippen molar-refractivity contribution in [1.29, 1.82) is 0 Å². The summed E-state index contributed by atoms with van der Waals surface area (Å²) >= 11 is 0. The second-order valence-electron chi connectivity index (χ2n) is 8.98. The van der Waals surface area contributed by atoms with E-state index in [-0.39, 0.29) is 16.4 Å². The van der Waals surface area contributed by atoms with Crippen LogP contribution in [0.15, 0.2) is 89.8 Å². The lowest BCUT2D eigenvalue weighted by atomic mass is 10.1. The van der Waals surface area contributed by atoms with Gasteiger partial charge in [0.1, 0.15) is 0 Å². The molecule has 1 saturated heterocycles. The molecule has 0 aliphatic carbocycles. The fraction of sp³-hybridized carbons (Fsp3) is 0.172. The molecule has 5 rings (SSSR count). The van der Waals surface area contributed by atoms with Crippen molar-refractivity contribution in [3.8, 4) is 0 Å². The summed E-state index contributed by atoms with van der Waals surface area (Å²) < 4.78 is 34.6. The first-order valence-corrected chi connectivity index (χ1v) is 13.7. The number of hydrogen-bond donors (Lipinski definition) is 2. The Bertz CT molecular complexity index is 1630. The lowest BCUT2D eigenvalue weighted by Gasteiger charge is -2.30. The van der Waals surface area contributed by atoms with Gasteiger partial charge in [-0.3, -0.25) is 9.59 Å². The number of carbonyl (C=O) groups excluding carboxylic acids is 2. The minimum absolute atomic E-state index is 0.0563. The predicted octanol–water partition coefficient (Wildman–Crippen LogP) is 4.36. The molecule has 2 amide bonds. The Morgan fingerprint density at radius 1 is 0.763 bits per heavy atom. The number of amides is 2. The van der Waals surface area contributed by atoms with Crippen molar-refractivity contribution in [3.05, 3.63) is 102 Å². The van der Waals surface area contributed by atoms with E-state index in [2.05, 4.69) is 10.0 Å². The summed E-state index contributed by atoms with van der Waals surface area (Å²) in [5.41, 5.74) is 2.75. The maximum absolute atomic E-state index is 13.5. The first-order valence-electron chi connectivity index (χ1n) is 12.2. The molecule has 4 aromatic carbocycles. The number of carbonyl (C=O) groups is 2. The Morgan fingerprint density at radius 2 is 1.39 bits per heavy atom. The second kappa shape index (κ2) is 10.6. The van der Waals surface area contributed by atoms with Gasteiger partial charge in [0.2, 0.25) is 0 Å². The third-order valence-electron chi connectivity index (χ3n) is 6.54. The summed E-state index contributed by atoms with van der Waals surface area (Å²) in [6, 6.07) is 24.0. The van der Waals surface area contributed by atoms with Crippen LogP contribution in [0.1, 0.15) is 26.3 Å². The molecule has 194 valence electrons. The molecule has 0 radical (unpaired) electrons. The van der Waals surface area contributed by atoms with E-state index in [0.29, 0.717) is 54.0 Å². The van der Waals surface area contributed by atoms with Crippen molar-refractivity contribution >= 4 is 44.0 Å². The quantitative estimate of drug-likeness (QED) is 0.385. The third kappa shape index (κ3) is 5.11. The van der Waals surface area contributed by atoms with Gasteiger partial charge in [0, 0.05) is 40.8 Å². The lowest BCUT2D eigenvalue weighted by molar-refractivity contribution is 0.0978. The molecule has 9 heteroatoms. The number of ether oxygens (including phenoxy) is 1. The van der Waals surface area contributed by atoms with Gasteiger partial charge in [-0.25, -0.2) is 13.1 Å². The summed E-state index contributed by atoms with van der Waals surface area (Å²) in [5.74, 6) is -1.01. The van der Waals surface area contributed by atoms with Gasteiger partial charge in [-0.2, -0.15) is 0 Å².